The van der Waals surface area contributed by atoms with Crippen LogP contribution in [0.1, 0.15) is 29.8 Å². The van der Waals surface area contributed by atoms with Gasteiger partial charge in [0.15, 0.2) is 0 Å². The van der Waals surface area contributed by atoms with Gasteiger partial charge >= 0.3 is 0 Å². The third kappa shape index (κ3) is 5.22. The lowest BCUT2D eigenvalue weighted by molar-refractivity contribution is -0.122. The number of halogens is 2. The van der Waals surface area contributed by atoms with Crippen LogP contribution in [0.4, 0.5) is 4.39 Å². The first-order valence-electron chi connectivity index (χ1n) is 5.41. The highest BCUT2D eigenvalue weighted by molar-refractivity contribution is 9.10. The molecule has 2 amide bonds. The molecular weight excluding hydrogens is 305 g/mol. The Kier molecular flexibility index (Phi) is 6.27. The SMILES string of the molecule is O=C(CCCCF)NNC(=O)c1cccc(Br)n1. The Morgan fingerprint density at radius 3 is 2.72 bits per heavy atom. The molecule has 1 heterocycles. The van der Waals surface area contributed by atoms with Crippen molar-refractivity contribution in [1.29, 1.82) is 0 Å². The van der Waals surface area contributed by atoms with Crippen LogP contribution in [0.25, 0.3) is 0 Å². The molecule has 2 N–H and O–H groups in total. The highest BCUT2D eigenvalue weighted by atomic mass is 79.9. The number of carbonyl (C=O) groups excluding carboxylic acids is 2. The fourth-order valence-corrected chi connectivity index (χ4v) is 1.51. The maximum Gasteiger partial charge on any atom is 0.288 e. The normalized spacial score (nSPS) is 9.89. The monoisotopic (exact) mass is 317 g/mol. The number of hydrogen-bond acceptors (Lipinski definition) is 3. The van der Waals surface area contributed by atoms with Crippen molar-refractivity contribution in [2.75, 3.05) is 6.67 Å². The summed E-state index contributed by atoms with van der Waals surface area (Å²) in [6, 6.07) is 4.87. The van der Waals surface area contributed by atoms with Crippen LogP contribution in [0, 0.1) is 0 Å². The molecule has 0 spiro atoms. The van der Waals surface area contributed by atoms with Gasteiger partial charge in [0, 0.05) is 6.42 Å². The van der Waals surface area contributed by atoms with E-state index in [0.29, 0.717) is 17.4 Å². The first-order chi connectivity index (χ1) is 8.63. The second kappa shape index (κ2) is 7.75. The minimum absolute atomic E-state index is 0.177. The quantitative estimate of drug-likeness (QED) is 0.493. The minimum Gasteiger partial charge on any atom is -0.273 e. The minimum atomic E-state index is -0.504. The molecule has 0 aliphatic heterocycles. The maximum atomic E-state index is 11.8. The summed E-state index contributed by atoms with van der Waals surface area (Å²) in [5, 5.41) is 0. The van der Waals surface area contributed by atoms with Gasteiger partial charge in [0.25, 0.3) is 5.91 Å². The Morgan fingerprint density at radius 2 is 2.06 bits per heavy atom. The largest absolute Gasteiger partial charge is 0.288 e. The molecular formula is C11H13BrFN3O2. The van der Waals surface area contributed by atoms with Gasteiger partial charge in [0.2, 0.25) is 5.91 Å². The fraction of sp³-hybridized carbons (Fsp3) is 0.364. The first-order valence-corrected chi connectivity index (χ1v) is 6.20. The predicted molar refractivity (Wildman–Crippen MR) is 67.4 cm³/mol. The van der Waals surface area contributed by atoms with Crippen molar-refractivity contribution in [1.82, 2.24) is 15.8 Å². The van der Waals surface area contributed by atoms with Crippen molar-refractivity contribution in [3.05, 3.63) is 28.5 Å². The van der Waals surface area contributed by atoms with Crippen LogP contribution in [-0.2, 0) is 4.79 Å². The average Bonchev–Trinajstić information content (AvgIpc) is 2.36. The number of hydrogen-bond donors (Lipinski definition) is 2. The van der Waals surface area contributed by atoms with Crippen LogP contribution >= 0.6 is 15.9 Å². The zero-order valence-electron chi connectivity index (χ0n) is 9.58. The molecule has 1 rings (SSSR count). The fourth-order valence-electron chi connectivity index (χ4n) is 1.17. The van der Waals surface area contributed by atoms with Gasteiger partial charge in [-0.05, 0) is 40.9 Å². The van der Waals surface area contributed by atoms with Crippen LogP contribution in [0.5, 0.6) is 0 Å². The van der Waals surface area contributed by atoms with Gasteiger partial charge < -0.3 is 0 Å². The van der Waals surface area contributed by atoms with E-state index in [1.54, 1.807) is 12.1 Å². The number of aromatic nitrogens is 1. The van der Waals surface area contributed by atoms with Crippen molar-refractivity contribution in [2.45, 2.75) is 19.3 Å². The molecule has 7 heteroatoms. The lowest BCUT2D eigenvalue weighted by Gasteiger charge is -2.06. The highest BCUT2D eigenvalue weighted by Crippen LogP contribution is 2.05. The molecule has 0 atom stereocenters. The van der Waals surface area contributed by atoms with Crippen molar-refractivity contribution in [2.24, 2.45) is 0 Å². The summed E-state index contributed by atoms with van der Waals surface area (Å²) >= 11 is 3.14. The van der Waals surface area contributed by atoms with Crippen LogP contribution in [-0.4, -0.2) is 23.5 Å². The molecule has 0 unspecified atom stereocenters. The zero-order valence-corrected chi connectivity index (χ0v) is 11.2. The molecule has 1 aromatic rings. The molecule has 18 heavy (non-hydrogen) atoms. The van der Waals surface area contributed by atoms with Crippen molar-refractivity contribution in [3.63, 3.8) is 0 Å². The topological polar surface area (TPSA) is 71.1 Å². The molecule has 98 valence electrons. The summed E-state index contributed by atoms with van der Waals surface area (Å²) in [7, 11) is 0. The van der Waals surface area contributed by atoms with E-state index in [-0.39, 0.29) is 18.0 Å². The van der Waals surface area contributed by atoms with Gasteiger partial charge in [-0.3, -0.25) is 24.8 Å². The second-order valence-electron chi connectivity index (χ2n) is 3.49. The smallest absolute Gasteiger partial charge is 0.273 e. The Morgan fingerprint density at radius 1 is 1.28 bits per heavy atom. The number of pyridine rings is 1. The van der Waals surface area contributed by atoms with E-state index >= 15 is 0 Å². The number of alkyl halides is 1. The number of nitrogens with one attached hydrogen (secondary N) is 2. The van der Waals surface area contributed by atoms with Crippen LogP contribution in [0.2, 0.25) is 0 Å². The summed E-state index contributed by atoms with van der Waals surface area (Å²) < 4.78 is 12.3. The van der Waals surface area contributed by atoms with E-state index in [4.69, 9.17) is 0 Å². The number of carbonyl (C=O) groups is 2. The Hall–Kier alpha value is -1.50. The molecule has 1 aromatic heterocycles. The molecule has 0 bridgehead atoms. The highest BCUT2D eigenvalue weighted by Gasteiger charge is 2.08. The molecule has 0 aromatic carbocycles. The lowest BCUT2D eigenvalue weighted by Crippen LogP contribution is -2.41. The predicted octanol–water partition coefficient (Wildman–Crippen LogP) is 1.74. The number of nitrogens with zero attached hydrogens (tertiary/aromatic N) is 1. The summed E-state index contributed by atoms with van der Waals surface area (Å²) in [5.74, 6) is -0.859. The third-order valence-electron chi connectivity index (χ3n) is 2.05. The van der Waals surface area contributed by atoms with Crippen LogP contribution in [0.3, 0.4) is 0 Å². The van der Waals surface area contributed by atoms with Gasteiger partial charge in [-0.25, -0.2) is 4.98 Å². The second-order valence-corrected chi connectivity index (χ2v) is 4.31. The first kappa shape index (κ1) is 14.6. The molecule has 0 aliphatic rings. The molecule has 0 saturated heterocycles. The molecule has 0 aliphatic carbocycles. The van der Waals surface area contributed by atoms with Crippen molar-refractivity contribution < 1.29 is 14.0 Å². The Bertz CT molecular complexity index is 429. The van der Waals surface area contributed by atoms with Gasteiger partial charge in [-0.1, -0.05) is 6.07 Å². The van der Waals surface area contributed by atoms with E-state index in [0.717, 1.165) is 0 Å². The molecule has 0 radical (unpaired) electrons. The summed E-state index contributed by atoms with van der Waals surface area (Å²) in [4.78, 5) is 26.7. The van der Waals surface area contributed by atoms with E-state index in [9.17, 15) is 14.0 Å². The van der Waals surface area contributed by atoms with Gasteiger partial charge in [-0.15, -0.1) is 0 Å². The molecule has 5 nitrogen and oxygen atoms in total. The number of hydrazine groups is 1. The summed E-state index contributed by atoms with van der Waals surface area (Å²) in [5.41, 5.74) is 4.67. The van der Waals surface area contributed by atoms with Crippen molar-refractivity contribution >= 4 is 27.7 Å². The average molecular weight is 318 g/mol. The standard InChI is InChI=1S/C11H13BrFN3O2/c12-9-5-3-4-8(14-9)11(18)16-15-10(17)6-1-2-7-13/h3-5H,1-2,6-7H2,(H,15,17)(H,16,18). The van der Waals surface area contributed by atoms with E-state index in [1.165, 1.54) is 6.07 Å². The molecule has 0 saturated carbocycles. The lowest BCUT2D eigenvalue weighted by atomic mass is 10.2. The maximum absolute atomic E-state index is 11.8. The van der Waals surface area contributed by atoms with Gasteiger partial charge in [-0.2, -0.15) is 0 Å². The van der Waals surface area contributed by atoms with E-state index < -0.39 is 12.6 Å². The zero-order chi connectivity index (χ0) is 13.4. The summed E-state index contributed by atoms with van der Waals surface area (Å²) in [6.45, 7) is -0.443. The third-order valence-corrected chi connectivity index (χ3v) is 2.49. The van der Waals surface area contributed by atoms with Crippen molar-refractivity contribution in [3.8, 4) is 0 Å². The Labute approximate surface area is 112 Å². The number of amides is 2. The van der Waals surface area contributed by atoms with E-state index in [2.05, 4.69) is 31.8 Å². The van der Waals surface area contributed by atoms with Crippen LogP contribution < -0.4 is 10.9 Å². The number of unbranched alkanes of at least 4 members (excludes halogenated alkanes) is 1. The van der Waals surface area contributed by atoms with E-state index in [1.807, 2.05) is 0 Å². The van der Waals surface area contributed by atoms with Crippen LogP contribution in [0.15, 0.2) is 22.8 Å². The van der Waals surface area contributed by atoms with Gasteiger partial charge in [0.1, 0.15) is 10.3 Å². The number of rotatable bonds is 5. The van der Waals surface area contributed by atoms with Gasteiger partial charge in [0.05, 0.1) is 6.67 Å². The molecule has 0 fully saturated rings. The Balaban J connectivity index is 2.35. The summed E-state index contributed by atoms with van der Waals surface area (Å²) in [6.07, 6.45) is 0.970.